The molecule has 0 bridgehead atoms. The summed E-state index contributed by atoms with van der Waals surface area (Å²) in [5, 5.41) is 29.9. The topological polar surface area (TPSA) is 69.9 Å². The molecular weight excluding hydrogens is 316 g/mol. The lowest BCUT2D eigenvalue weighted by Crippen LogP contribution is -2.43. The molecule has 1 rings (SSSR count). The molecule has 1 aromatic carbocycles. The van der Waals surface area contributed by atoms with Crippen molar-refractivity contribution in [2.45, 2.75) is 65.4 Å². The van der Waals surface area contributed by atoms with E-state index in [4.69, 9.17) is 4.74 Å². The number of aliphatic hydroxyl groups is 3. The number of benzene rings is 1. The van der Waals surface area contributed by atoms with Gasteiger partial charge in [0.05, 0.1) is 31.3 Å². The van der Waals surface area contributed by atoms with Crippen LogP contribution in [0.1, 0.15) is 69.9 Å². The Morgan fingerprint density at radius 3 is 1.44 bits per heavy atom. The molecule has 0 radical (unpaired) electrons. The van der Waals surface area contributed by atoms with Gasteiger partial charge < -0.3 is 20.1 Å². The first-order valence-electron chi connectivity index (χ1n) is 8.89. The summed E-state index contributed by atoms with van der Waals surface area (Å²) >= 11 is 0. The maximum Gasteiger partial charge on any atom is 0.0949 e. The van der Waals surface area contributed by atoms with Gasteiger partial charge >= 0.3 is 0 Å². The number of rotatable bonds is 6. The number of hydrogen-bond donors (Lipinski definition) is 3. The summed E-state index contributed by atoms with van der Waals surface area (Å²) in [7, 11) is 1.57. The van der Waals surface area contributed by atoms with Crippen LogP contribution >= 0.6 is 0 Å². The lowest BCUT2D eigenvalue weighted by molar-refractivity contribution is -0.103. The number of aryl methyl sites for hydroxylation is 1. The first kappa shape index (κ1) is 22.1. The van der Waals surface area contributed by atoms with Crippen molar-refractivity contribution in [3.05, 3.63) is 34.4 Å². The van der Waals surface area contributed by atoms with Gasteiger partial charge in [0, 0.05) is 7.11 Å². The molecule has 0 saturated carbocycles. The summed E-state index contributed by atoms with van der Waals surface area (Å²) in [5.74, 6) is 0. The fourth-order valence-electron chi connectivity index (χ4n) is 3.39. The molecule has 0 aromatic heterocycles. The molecule has 0 heterocycles. The number of aliphatic hydroxyl groups excluding tert-OH is 3. The van der Waals surface area contributed by atoms with Crippen molar-refractivity contribution in [1.29, 1.82) is 0 Å². The molecule has 4 heteroatoms. The Kier molecular flexibility index (Phi) is 6.85. The van der Waals surface area contributed by atoms with Crippen molar-refractivity contribution >= 4 is 0 Å². The molecule has 3 N–H and O–H groups in total. The summed E-state index contributed by atoms with van der Waals surface area (Å²) in [6.45, 7) is 13.8. The summed E-state index contributed by atoms with van der Waals surface area (Å²) < 4.78 is 5.81. The minimum Gasteiger partial charge on any atom is -0.395 e. The van der Waals surface area contributed by atoms with Crippen LogP contribution in [-0.4, -0.2) is 42.3 Å². The molecule has 1 unspecified atom stereocenters. The Hall–Kier alpha value is -0.940. The van der Waals surface area contributed by atoms with Gasteiger partial charge in [0.1, 0.15) is 0 Å². The van der Waals surface area contributed by atoms with Crippen molar-refractivity contribution in [2.24, 2.45) is 5.41 Å². The largest absolute Gasteiger partial charge is 0.395 e. The quantitative estimate of drug-likeness (QED) is 0.735. The average Bonchev–Trinajstić information content (AvgIpc) is 2.51. The van der Waals surface area contributed by atoms with Gasteiger partial charge in [-0.25, -0.2) is 0 Å². The van der Waals surface area contributed by atoms with E-state index in [1.807, 2.05) is 0 Å². The lowest BCUT2D eigenvalue weighted by Gasteiger charge is -2.41. The molecule has 0 amide bonds. The van der Waals surface area contributed by atoms with E-state index in [-0.39, 0.29) is 30.7 Å². The summed E-state index contributed by atoms with van der Waals surface area (Å²) in [6, 6.07) is 4.29. The minimum absolute atomic E-state index is 0.149. The zero-order valence-corrected chi connectivity index (χ0v) is 17.1. The number of ether oxygens (including phenoxy) is 1. The monoisotopic (exact) mass is 352 g/mol. The minimum atomic E-state index is -1.15. The summed E-state index contributed by atoms with van der Waals surface area (Å²) in [5.41, 5.74) is 2.91. The standard InChI is InChI=1S/C21H36O4/c1-14-9-15(19(2,3)4)17(16(10-14)20(5,6)7)18(25-8)21(11-22,12-23)13-24/h9-10,18,22-24H,11-13H2,1-8H3. The maximum atomic E-state index is 9.98. The third-order valence-corrected chi connectivity index (χ3v) is 4.94. The van der Waals surface area contributed by atoms with Crippen LogP contribution in [-0.2, 0) is 15.6 Å². The van der Waals surface area contributed by atoms with E-state index in [0.29, 0.717) is 0 Å². The van der Waals surface area contributed by atoms with Crippen molar-refractivity contribution < 1.29 is 20.1 Å². The van der Waals surface area contributed by atoms with E-state index in [0.717, 1.165) is 22.3 Å². The molecule has 144 valence electrons. The summed E-state index contributed by atoms with van der Waals surface area (Å²) in [4.78, 5) is 0. The van der Waals surface area contributed by atoms with Gasteiger partial charge in [0.2, 0.25) is 0 Å². The van der Waals surface area contributed by atoms with Crippen LogP contribution in [0, 0.1) is 12.3 Å². The van der Waals surface area contributed by atoms with Gasteiger partial charge in [-0.15, -0.1) is 0 Å². The molecule has 0 aliphatic carbocycles. The highest BCUT2D eigenvalue weighted by atomic mass is 16.5. The number of methoxy groups -OCH3 is 1. The molecule has 0 spiro atoms. The normalized spacial score (nSPS) is 14.7. The van der Waals surface area contributed by atoms with Gasteiger partial charge in [-0.3, -0.25) is 0 Å². The Morgan fingerprint density at radius 1 is 0.840 bits per heavy atom. The van der Waals surface area contributed by atoms with Crippen LogP contribution in [0.4, 0.5) is 0 Å². The van der Waals surface area contributed by atoms with Gasteiger partial charge in [0.25, 0.3) is 0 Å². The van der Waals surface area contributed by atoms with E-state index in [9.17, 15) is 15.3 Å². The maximum absolute atomic E-state index is 9.98. The molecule has 0 saturated heterocycles. The molecule has 0 aliphatic heterocycles. The predicted molar refractivity (Wildman–Crippen MR) is 102 cm³/mol. The molecule has 4 nitrogen and oxygen atoms in total. The van der Waals surface area contributed by atoms with E-state index in [1.54, 1.807) is 7.11 Å². The second-order valence-corrected chi connectivity index (χ2v) is 9.23. The van der Waals surface area contributed by atoms with Gasteiger partial charge in [-0.05, 0) is 34.4 Å². The zero-order chi connectivity index (χ0) is 19.6. The van der Waals surface area contributed by atoms with Gasteiger partial charge in [-0.2, -0.15) is 0 Å². The molecule has 25 heavy (non-hydrogen) atoms. The fourth-order valence-corrected chi connectivity index (χ4v) is 3.39. The second-order valence-electron chi connectivity index (χ2n) is 9.23. The molecule has 0 aliphatic rings. The van der Waals surface area contributed by atoms with Crippen LogP contribution in [0.15, 0.2) is 12.1 Å². The van der Waals surface area contributed by atoms with Crippen molar-refractivity contribution in [1.82, 2.24) is 0 Å². The number of hydrogen-bond acceptors (Lipinski definition) is 4. The Labute approximate surface area is 152 Å². The van der Waals surface area contributed by atoms with Crippen molar-refractivity contribution in [2.75, 3.05) is 26.9 Å². The molecule has 1 atom stereocenters. The lowest BCUT2D eigenvalue weighted by atomic mass is 9.69. The third kappa shape index (κ3) is 4.43. The van der Waals surface area contributed by atoms with Crippen LogP contribution in [0.5, 0.6) is 0 Å². The Bertz CT molecular complexity index is 531. The fraction of sp³-hybridized carbons (Fsp3) is 0.714. The second kappa shape index (κ2) is 7.75. The molecule has 0 fully saturated rings. The predicted octanol–water partition coefficient (Wildman–Crippen LogP) is 3.24. The highest BCUT2D eigenvalue weighted by Gasteiger charge is 2.43. The van der Waals surface area contributed by atoms with Crippen molar-refractivity contribution in [3.63, 3.8) is 0 Å². The first-order valence-corrected chi connectivity index (χ1v) is 8.89. The smallest absolute Gasteiger partial charge is 0.0949 e. The highest BCUT2D eigenvalue weighted by Crippen LogP contribution is 2.45. The van der Waals surface area contributed by atoms with Crippen molar-refractivity contribution in [3.8, 4) is 0 Å². The van der Waals surface area contributed by atoms with E-state index >= 15 is 0 Å². The molecule has 1 aromatic rings. The van der Waals surface area contributed by atoms with E-state index in [1.165, 1.54) is 0 Å². The van der Waals surface area contributed by atoms with Gasteiger partial charge in [0.15, 0.2) is 0 Å². The van der Waals surface area contributed by atoms with E-state index < -0.39 is 11.5 Å². The first-order chi connectivity index (χ1) is 11.4. The highest BCUT2D eigenvalue weighted by molar-refractivity contribution is 5.47. The van der Waals surface area contributed by atoms with Crippen LogP contribution in [0.25, 0.3) is 0 Å². The van der Waals surface area contributed by atoms with Crippen LogP contribution in [0.3, 0.4) is 0 Å². The van der Waals surface area contributed by atoms with Crippen LogP contribution in [0.2, 0.25) is 0 Å². The van der Waals surface area contributed by atoms with Gasteiger partial charge in [-0.1, -0.05) is 59.2 Å². The average molecular weight is 353 g/mol. The molecular formula is C21H36O4. The Balaban J connectivity index is 3.92. The zero-order valence-electron chi connectivity index (χ0n) is 17.1. The SMILES string of the molecule is COC(c1c(C(C)(C)C)cc(C)cc1C(C)(C)C)C(CO)(CO)CO. The van der Waals surface area contributed by atoms with E-state index in [2.05, 4.69) is 60.6 Å². The van der Waals surface area contributed by atoms with Crippen LogP contribution < -0.4 is 0 Å². The summed E-state index contributed by atoms with van der Waals surface area (Å²) in [6.07, 6.45) is -0.614. The third-order valence-electron chi connectivity index (χ3n) is 4.94. The Morgan fingerprint density at radius 2 is 1.20 bits per heavy atom.